The van der Waals surface area contributed by atoms with Crippen molar-refractivity contribution in [3.8, 4) is 5.75 Å². The molecule has 1 aliphatic heterocycles. The van der Waals surface area contributed by atoms with E-state index >= 15 is 0 Å². The number of sulfonamides is 1. The monoisotopic (exact) mass is 467 g/mol. The van der Waals surface area contributed by atoms with Crippen molar-refractivity contribution >= 4 is 15.9 Å². The molecule has 1 amide bonds. The first-order valence-electron chi connectivity index (χ1n) is 10.6. The van der Waals surface area contributed by atoms with Gasteiger partial charge >= 0.3 is 0 Å². The second-order valence-corrected chi connectivity index (χ2v) is 9.45. The zero-order valence-corrected chi connectivity index (χ0v) is 18.8. The average molecular weight is 468 g/mol. The van der Waals surface area contributed by atoms with Crippen molar-refractivity contribution in [3.05, 3.63) is 89.7 Å². The number of benzene rings is 2. The minimum absolute atomic E-state index is 0.222. The van der Waals surface area contributed by atoms with Crippen LogP contribution >= 0.6 is 0 Å². The fraction of sp³-hybridized carbons (Fsp3) is 0.250. The fourth-order valence-electron chi connectivity index (χ4n) is 3.35. The van der Waals surface area contributed by atoms with Crippen LogP contribution in [-0.4, -0.2) is 49.9 Å². The Labute approximate surface area is 193 Å². The van der Waals surface area contributed by atoms with E-state index in [2.05, 4.69) is 10.3 Å². The molecule has 1 fully saturated rings. The van der Waals surface area contributed by atoms with Gasteiger partial charge in [-0.3, -0.25) is 9.78 Å². The lowest BCUT2D eigenvalue weighted by Crippen LogP contribution is -2.40. The number of nitrogens with one attached hydrogen (secondary N) is 1. The second kappa shape index (κ2) is 10.6. The standard InChI is InChI=1S/C24H25N3O5S/c28-24(21-3-5-22(6-4-21)32-18-20-9-11-25-12-10-20)26-17-19-1-7-23(8-2-19)33(29,30)27-13-15-31-16-14-27/h1-12H,13-18H2,(H,26,28). The number of nitrogens with zero attached hydrogens (tertiary/aromatic N) is 2. The Morgan fingerprint density at radius 3 is 2.27 bits per heavy atom. The zero-order valence-electron chi connectivity index (χ0n) is 18.0. The van der Waals surface area contributed by atoms with Gasteiger partial charge in [-0.25, -0.2) is 8.42 Å². The molecule has 33 heavy (non-hydrogen) atoms. The molecular formula is C24H25N3O5S. The summed E-state index contributed by atoms with van der Waals surface area (Å²) in [4.78, 5) is 16.7. The molecule has 2 aromatic carbocycles. The molecule has 0 atom stereocenters. The zero-order chi connectivity index (χ0) is 23.1. The van der Waals surface area contributed by atoms with Crippen molar-refractivity contribution < 1.29 is 22.7 Å². The highest BCUT2D eigenvalue weighted by atomic mass is 32.2. The van der Waals surface area contributed by atoms with Crippen molar-refractivity contribution in [2.24, 2.45) is 0 Å². The van der Waals surface area contributed by atoms with Gasteiger partial charge in [0.2, 0.25) is 10.0 Å². The lowest BCUT2D eigenvalue weighted by molar-refractivity contribution is 0.0730. The van der Waals surface area contributed by atoms with Gasteiger partial charge in [0.1, 0.15) is 12.4 Å². The molecule has 0 aliphatic carbocycles. The first-order valence-corrected chi connectivity index (χ1v) is 12.0. The smallest absolute Gasteiger partial charge is 0.251 e. The Bertz CT molecular complexity index is 1160. The maximum Gasteiger partial charge on any atom is 0.251 e. The number of hydrogen-bond donors (Lipinski definition) is 1. The molecule has 2 heterocycles. The van der Waals surface area contributed by atoms with Crippen LogP contribution in [0, 0.1) is 0 Å². The van der Waals surface area contributed by atoms with Crippen LogP contribution in [0.15, 0.2) is 78.0 Å². The van der Waals surface area contributed by atoms with Gasteiger partial charge in [0, 0.05) is 37.6 Å². The number of amides is 1. The first kappa shape index (κ1) is 22.9. The molecule has 1 N–H and O–H groups in total. The third-order valence-corrected chi connectivity index (χ3v) is 7.17. The number of ether oxygens (including phenoxy) is 2. The lowest BCUT2D eigenvalue weighted by atomic mass is 10.2. The van der Waals surface area contributed by atoms with Crippen LogP contribution in [0.5, 0.6) is 5.75 Å². The van der Waals surface area contributed by atoms with Crippen LogP contribution in [0.4, 0.5) is 0 Å². The van der Waals surface area contributed by atoms with E-state index in [0.717, 1.165) is 11.1 Å². The summed E-state index contributed by atoms with van der Waals surface area (Å²) in [5.74, 6) is 0.445. The number of carbonyl (C=O) groups is 1. The Balaban J connectivity index is 1.29. The Morgan fingerprint density at radius 2 is 1.61 bits per heavy atom. The normalized spacial score (nSPS) is 14.5. The van der Waals surface area contributed by atoms with Gasteiger partial charge < -0.3 is 14.8 Å². The molecule has 4 rings (SSSR count). The highest BCUT2D eigenvalue weighted by Crippen LogP contribution is 2.18. The summed E-state index contributed by atoms with van der Waals surface area (Å²) in [7, 11) is -3.53. The minimum Gasteiger partial charge on any atom is -0.489 e. The molecule has 9 heteroatoms. The van der Waals surface area contributed by atoms with Crippen LogP contribution < -0.4 is 10.1 Å². The van der Waals surface area contributed by atoms with Crippen molar-refractivity contribution in [3.63, 3.8) is 0 Å². The SMILES string of the molecule is O=C(NCc1ccc(S(=O)(=O)N2CCOCC2)cc1)c1ccc(OCc2ccncc2)cc1. The molecule has 1 aromatic heterocycles. The van der Waals surface area contributed by atoms with Gasteiger partial charge in [0.25, 0.3) is 5.91 Å². The molecule has 172 valence electrons. The van der Waals surface area contributed by atoms with E-state index in [1.807, 2.05) is 12.1 Å². The summed E-state index contributed by atoms with van der Waals surface area (Å²) in [6.07, 6.45) is 3.42. The third-order valence-electron chi connectivity index (χ3n) is 5.26. The summed E-state index contributed by atoms with van der Waals surface area (Å²) in [5.41, 5.74) is 2.33. The van der Waals surface area contributed by atoms with E-state index in [-0.39, 0.29) is 17.3 Å². The van der Waals surface area contributed by atoms with E-state index in [1.54, 1.807) is 60.9 Å². The van der Waals surface area contributed by atoms with Gasteiger partial charge in [-0.2, -0.15) is 4.31 Å². The first-order chi connectivity index (χ1) is 16.0. The quantitative estimate of drug-likeness (QED) is 0.547. The molecule has 3 aromatic rings. The average Bonchev–Trinajstić information content (AvgIpc) is 2.88. The Hall–Kier alpha value is -3.27. The van der Waals surface area contributed by atoms with E-state index in [1.165, 1.54) is 4.31 Å². The maximum atomic E-state index is 12.7. The van der Waals surface area contributed by atoms with Gasteiger partial charge in [-0.05, 0) is 59.7 Å². The number of aromatic nitrogens is 1. The van der Waals surface area contributed by atoms with Crippen LogP contribution in [0.25, 0.3) is 0 Å². The molecular weight excluding hydrogens is 442 g/mol. The number of pyridine rings is 1. The molecule has 1 saturated heterocycles. The Kier molecular flexibility index (Phi) is 7.33. The second-order valence-electron chi connectivity index (χ2n) is 7.51. The molecule has 0 spiro atoms. The highest BCUT2D eigenvalue weighted by Gasteiger charge is 2.26. The summed E-state index contributed by atoms with van der Waals surface area (Å²) < 4.78 is 37.8. The lowest BCUT2D eigenvalue weighted by Gasteiger charge is -2.26. The molecule has 1 aliphatic rings. The van der Waals surface area contributed by atoms with E-state index in [4.69, 9.17) is 9.47 Å². The number of carbonyl (C=O) groups excluding carboxylic acids is 1. The van der Waals surface area contributed by atoms with Crippen LogP contribution in [0.1, 0.15) is 21.5 Å². The number of hydrogen-bond acceptors (Lipinski definition) is 6. The number of morpholine rings is 1. The van der Waals surface area contributed by atoms with Crippen molar-refractivity contribution in [1.29, 1.82) is 0 Å². The molecule has 0 unspecified atom stereocenters. The predicted molar refractivity (Wildman–Crippen MR) is 122 cm³/mol. The van der Waals surface area contributed by atoms with Gasteiger partial charge in [-0.1, -0.05) is 12.1 Å². The van der Waals surface area contributed by atoms with E-state index in [0.29, 0.717) is 44.2 Å². The van der Waals surface area contributed by atoms with Crippen LogP contribution in [0.3, 0.4) is 0 Å². The maximum absolute atomic E-state index is 12.7. The summed E-state index contributed by atoms with van der Waals surface area (Å²) in [6.45, 7) is 2.23. The summed E-state index contributed by atoms with van der Waals surface area (Å²) in [6, 6.07) is 17.2. The summed E-state index contributed by atoms with van der Waals surface area (Å²) in [5, 5.41) is 2.85. The third kappa shape index (κ3) is 5.95. The Morgan fingerprint density at radius 1 is 0.939 bits per heavy atom. The molecule has 8 nitrogen and oxygen atoms in total. The fourth-order valence-corrected chi connectivity index (χ4v) is 4.76. The van der Waals surface area contributed by atoms with Crippen molar-refractivity contribution in [1.82, 2.24) is 14.6 Å². The van der Waals surface area contributed by atoms with E-state index in [9.17, 15) is 13.2 Å². The molecule has 0 saturated carbocycles. The van der Waals surface area contributed by atoms with Gasteiger partial charge in [-0.15, -0.1) is 0 Å². The largest absolute Gasteiger partial charge is 0.489 e. The van der Waals surface area contributed by atoms with Gasteiger partial charge in [0.15, 0.2) is 0 Å². The molecule has 0 radical (unpaired) electrons. The topological polar surface area (TPSA) is 97.8 Å². The van der Waals surface area contributed by atoms with E-state index < -0.39 is 10.0 Å². The van der Waals surface area contributed by atoms with Crippen LogP contribution in [-0.2, 0) is 27.9 Å². The van der Waals surface area contributed by atoms with Crippen molar-refractivity contribution in [2.45, 2.75) is 18.0 Å². The number of rotatable bonds is 8. The molecule has 0 bridgehead atoms. The minimum atomic E-state index is -3.53. The van der Waals surface area contributed by atoms with Crippen LogP contribution in [0.2, 0.25) is 0 Å². The predicted octanol–water partition coefficient (Wildman–Crippen LogP) is 2.61. The van der Waals surface area contributed by atoms with Gasteiger partial charge in [0.05, 0.1) is 18.1 Å². The summed E-state index contributed by atoms with van der Waals surface area (Å²) >= 11 is 0. The highest BCUT2D eigenvalue weighted by molar-refractivity contribution is 7.89. The van der Waals surface area contributed by atoms with Crippen molar-refractivity contribution in [2.75, 3.05) is 26.3 Å².